The zero-order valence-corrected chi connectivity index (χ0v) is 12.5. The lowest BCUT2D eigenvalue weighted by molar-refractivity contribution is -0.143. The summed E-state index contributed by atoms with van der Waals surface area (Å²) in [6.07, 6.45) is -0.413. The number of nitrogens with two attached hydrogens (primary N) is 1. The number of carboxylic acids is 1. The van der Waals surface area contributed by atoms with Crippen molar-refractivity contribution in [3.8, 4) is 0 Å². The number of thioether (sulfide) groups is 1. The average molecular weight is 310 g/mol. The average Bonchev–Trinajstić information content (AvgIpc) is 2.37. The van der Waals surface area contributed by atoms with Gasteiger partial charge in [-0.25, -0.2) is 4.79 Å². The molecule has 0 saturated carbocycles. The predicted octanol–water partition coefficient (Wildman–Crippen LogP) is 0.673. The van der Waals surface area contributed by atoms with E-state index in [2.05, 4.69) is 5.32 Å². The first kappa shape index (κ1) is 17.0. The van der Waals surface area contributed by atoms with Crippen molar-refractivity contribution >= 4 is 29.5 Å². The van der Waals surface area contributed by atoms with Gasteiger partial charge in [-0.05, 0) is 12.5 Å². The quantitative estimate of drug-likeness (QED) is 0.654. The van der Waals surface area contributed by atoms with Crippen LogP contribution >= 0.6 is 11.8 Å². The fourth-order valence-electron chi connectivity index (χ4n) is 1.70. The van der Waals surface area contributed by atoms with Crippen LogP contribution in [0.3, 0.4) is 0 Å². The van der Waals surface area contributed by atoms with Crippen molar-refractivity contribution in [2.45, 2.75) is 25.1 Å². The molecule has 1 atom stereocenters. The van der Waals surface area contributed by atoms with Gasteiger partial charge in [0.25, 0.3) is 0 Å². The van der Waals surface area contributed by atoms with E-state index in [0.717, 1.165) is 11.1 Å². The Labute approximate surface area is 127 Å². The second-order valence-corrected chi connectivity index (χ2v) is 5.60. The Bertz CT molecular complexity index is 533. The SMILES string of the molecule is Cc1cccc(CSCC(=O)N[C@@H](CC(N)=O)C(=O)O)c1. The van der Waals surface area contributed by atoms with Gasteiger partial charge >= 0.3 is 5.97 Å². The van der Waals surface area contributed by atoms with E-state index in [9.17, 15) is 14.4 Å². The van der Waals surface area contributed by atoms with E-state index in [1.54, 1.807) is 0 Å². The number of rotatable bonds is 8. The van der Waals surface area contributed by atoms with Gasteiger partial charge in [0.05, 0.1) is 12.2 Å². The summed E-state index contributed by atoms with van der Waals surface area (Å²) in [5, 5.41) is 11.2. The minimum atomic E-state index is -1.27. The molecule has 0 heterocycles. The van der Waals surface area contributed by atoms with Crippen LogP contribution in [0.2, 0.25) is 0 Å². The molecule has 0 spiro atoms. The van der Waals surface area contributed by atoms with Gasteiger partial charge in [-0.2, -0.15) is 0 Å². The summed E-state index contributed by atoms with van der Waals surface area (Å²) in [5.74, 6) is -1.69. The molecule has 7 heteroatoms. The van der Waals surface area contributed by atoms with E-state index in [4.69, 9.17) is 10.8 Å². The minimum Gasteiger partial charge on any atom is -0.480 e. The molecule has 1 rings (SSSR count). The third-order valence-electron chi connectivity index (χ3n) is 2.62. The molecule has 0 aromatic heterocycles. The number of nitrogens with one attached hydrogen (secondary N) is 1. The Hall–Kier alpha value is -2.02. The highest BCUT2D eigenvalue weighted by Crippen LogP contribution is 2.13. The largest absolute Gasteiger partial charge is 0.480 e. The molecule has 2 amide bonds. The summed E-state index contributed by atoms with van der Waals surface area (Å²) in [4.78, 5) is 33.3. The Morgan fingerprint density at radius 2 is 2.10 bits per heavy atom. The van der Waals surface area contributed by atoms with Gasteiger partial charge in [-0.15, -0.1) is 11.8 Å². The van der Waals surface area contributed by atoms with Crippen molar-refractivity contribution in [2.75, 3.05) is 5.75 Å². The maximum atomic E-state index is 11.6. The van der Waals surface area contributed by atoms with Crippen molar-refractivity contribution < 1.29 is 19.5 Å². The number of hydrogen-bond acceptors (Lipinski definition) is 4. The van der Waals surface area contributed by atoms with Crippen molar-refractivity contribution in [3.63, 3.8) is 0 Å². The third kappa shape index (κ3) is 6.80. The topological polar surface area (TPSA) is 109 Å². The first-order valence-corrected chi connectivity index (χ1v) is 7.47. The van der Waals surface area contributed by atoms with Gasteiger partial charge < -0.3 is 16.2 Å². The van der Waals surface area contributed by atoms with Gasteiger partial charge in [-0.3, -0.25) is 9.59 Å². The molecule has 0 saturated heterocycles. The van der Waals surface area contributed by atoms with E-state index >= 15 is 0 Å². The summed E-state index contributed by atoms with van der Waals surface area (Å²) < 4.78 is 0. The maximum absolute atomic E-state index is 11.6. The maximum Gasteiger partial charge on any atom is 0.326 e. The second-order valence-electron chi connectivity index (χ2n) is 4.61. The predicted molar refractivity (Wildman–Crippen MR) is 80.7 cm³/mol. The Balaban J connectivity index is 2.39. The Kier molecular flexibility index (Phi) is 6.74. The van der Waals surface area contributed by atoms with Gasteiger partial charge in [-0.1, -0.05) is 29.8 Å². The molecule has 0 aliphatic heterocycles. The normalized spacial score (nSPS) is 11.7. The zero-order valence-electron chi connectivity index (χ0n) is 11.7. The van der Waals surface area contributed by atoms with E-state index in [1.807, 2.05) is 31.2 Å². The molecular formula is C14H18N2O4S. The molecule has 1 aromatic rings. The molecule has 0 aliphatic carbocycles. The standard InChI is InChI=1S/C14H18N2O4S/c1-9-3-2-4-10(5-9)7-21-8-13(18)16-11(14(19)20)6-12(15)17/h2-5,11H,6-8H2,1H3,(H2,15,17)(H,16,18)(H,19,20)/t11-/m0/s1. The number of aliphatic carboxylic acids is 1. The first-order chi connectivity index (χ1) is 9.88. The first-order valence-electron chi connectivity index (χ1n) is 6.32. The zero-order chi connectivity index (χ0) is 15.8. The summed E-state index contributed by atoms with van der Waals surface area (Å²) in [7, 11) is 0. The van der Waals surface area contributed by atoms with E-state index in [0.29, 0.717) is 5.75 Å². The lowest BCUT2D eigenvalue weighted by Crippen LogP contribution is -2.44. The van der Waals surface area contributed by atoms with Crippen molar-refractivity contribution in [1.82, 2.24) is 5.32 Å². The Morgan fingerprint density at radius 3 is 2.67 bits per heavy atom. The highest BCUT2D eigenvalue weighted by molar-refractivity contribution is 7.99. The molecule has 21 heavy (non-hydrogen) atoms. The monoisotopic (exact) mass is 310 g/mol. The number of carbonyl (C=O) groups excluding carboxylic acids is 2. The third-order valence-corrected chi connectivity index (χ3v) is 3.63. The number of primary amides is 1. The number of carbonyl (C=O) groups is 3. The van der Waals surface area contributed by atoms with E-state index in [-0.39, 0.29) is 5.75 Å². The fraction of sp³-hybridized carbons (Fsp3) is 0.357. The van der Waals surface area contributed by atoms with Crippen LogP contribution in [-0.4, -0.2) is 34.7 Å². The number of hydrogen-bond donors (Lipinski definition) is 3. The summed E-state index contributed by atoms with van der Waals surface area (Å²) in [6, 6.07) is 6.65. The van der Waals surface area contributed by atoms with E-state index < -0.39 is 30.2 Å². The van der Waals surface area contributed by atoms with Gasteiger partial charge in [0.15, 0.2) is 0 Å². The summed E-state index contributed by atoms with van der Waals surface area (Å²) >= 11 is 1.37. The lowest BCUT2D eigenvalue weighted by atomic mass is 10.2. The molecule has 0 aliphatic rings. The molecule has 0 bridgehead atoms. The van der Waals surface area contributed by atoms with Gasteiger partial charge in [0, 0.05) is 5.75 Å². The van der Waals surface area contributed by atoms with Crippen LogP contribution in [0, 0.1) is 6.92 Å². The highest BCUT2D eigenvalue weighted by atomic mass is 32.2. The van der Waals surface area contributed by atoms with Gasteiger partial charge in [0.1, 0.15) is 6.04 Å². The molecule has 0 radical (unpaired) electrons. The van der Waals surface area contributed by atoms with Crippen LogP contribution in [0.4, 0.5) is 0 Å². The fourth-order valence-corrected chi connectivity index (χ4v) is 2.49. The van der Waals surface area contributed by atoms with Crippen molar-refractivity contribution in [1.29, 1.82) is 0 Å². The van der Waals surface area contributed by atoms with Crippen LogP contribution in [0.15, 0.2) is 24.3 Å². The lowest BCUT2D eigenvalue weighted by Gasteiger charge is -2.12. The number of aryl methyl sites for hydroxylation is 1. The molecule has 0 unspecified atom stereocenters. The molecule has 1 aromatic carbocycles. The minimum absolute atomic E-state index is 0.122. The van der Waals surface area contributed by atoms with E-state index in [1.165, 1.54) is 11.8 Å². The smallest absolute Gasteiger partial charge is 0.326 e. The van der Waals surface area contributed by atoms with Crippen LogP contribution in [0.5, 0.6) is 0 Å². The number of amides is 2. The summed E-state index contributed by atoms with van der Waals surface area (Å²) in [5.41, 5.74) is 7.18. The molecular weight excluding hydrogens is 292 g/mol. The summed E-state index contributed by atoms with van der Waals surface area (Å²) in [6.45, 7) is 1.99. The van der Waals surface area contributed by atoms with Crippen LogP contribution in [0.25, 0.3) is 0 Å². The number of benzene rings is 1. The van der Waals surface area contributed by atoms with Crippen LogP contribution in [0.1, 0.15) is 17.5 Å². The van der Waals surface area contributed by atoms with Crippen molar-refractivity contribution in [3.05, 3.63) is 35.4 Å². The molecule has 0 fully saturated rings. The molecule has 4 N–H and O–H groups in total. The van der Waals surface area contributed by atoms with Crippen molar-refractivity contribution in [2.24, 2.45) is 5.73 Å². The molecule has 114 valence electrons. The Morgan fingerprint density at radius 1 is 1.38 bits per heavy atom. The van der Waals surface area contributed by atoms with Crippen LogP contribution in [-0.2, 0) is 20.1 Å². The second kappa shape index (κ2) is 8.31. The van der Waals surface area contributed by atoms with Crippen LogP contribution < -0.4 is 11.1 Å². The van der Waals surface area contributed by atoms with Gasteiger partial charge in [0.2, 0.25) is 11.8 Å². The molecule has 6 nitrogen and oxygen atoms in total. The number of carboxylic acid groups (broad SMARTS) is 1. The highest BCUT2D eigenvalue weighted by Gasteiger charge is 2.21.